The van der Waals surface area contributed by atoms with Gasteiger partial charge in [-0.15, -0.1) is 0 Å². The van der Waals surface area contributed by atoms with Crippen LogP contribution in [0.5, 0.6) is 5.75 Å². The van der Waals surface area contributed by atoms with Crippen molar-refractivity contribution in [3.8, 4) is 5.75 Å². The molecular formula is C21H20FN3O3. The average molecular weight is 381 g/mol. The summed E-state index contributed by atoms with van der Waals surface area (Å²) < 4.78 is 18.2. The maximum Gasteiger partial charge on any atom is 0.270 e. The Hall–Kier alpha value is -3.35. The van der Waals surface area contributed by atoms with Crippen molar-refractivity contribution in [1.29, 1.82) is 0 Å². The fraction of sp³-hybridized carbons (Fsp3) is 0.238. The number of aromatic amines is 1. The van der Waals surface area contributed by atoms with Crippen LogP contribution in [-0.2, 0) is 0 Å². The Morgan fingerprint density at radius 1 is 0.929 bits per heavy atom. The summed E-state index contributed by atoms with van der Waals surface area (Å²) in [6.07, 6.45) is 0. The Bertz CT molecular complexity index is 1020. The van der Waals surface area contributed by atoms with Gasteiger partial charge < -0.3 is 19.5 Å². The maximum atomic E-state index is 13.0. The number of amides is 2. The van der Waals surface area contributed by atoms with Crippen LogP contribution in [0, 0.1) is 5.82 Å². The third-order valence-electron chi connectivity index (χ3n) is 5.01. The molecule has 2 amide bonds. The molecule has 2 heterocycles. The van der Waals surface area contributed by atoms with E-state index in [-0.39, 0.29) is 17.6 Å². The van der Waals surface area contributed by atoms with Gasteiger partial charge >= 0.3 is 0 Å². The molecule has 4 rings (SSSR count). The number of aromatic nitrogens is 1. The van der Waals surface area contributed by atoms with Crippen molar-refractivity contribution in [3.63, 3.8) is 0 Å². The molecule has 0 unspecified atom stereocenters. The van der Waals surface area contributed by atoms with Gasteiger partial charge in [0.25, 0.3) is 11.8 Å². The highest BCUT2D eigenvalue weighted by atomic mass is 19.1. The van der Waals surface area contributed by atoms with E-state index in [2.05, 4.69) is 4.98 Å². The second-order valence-corrected chi connectivity index (χ2v) is 6.73. The van der Waals surface area contributed by atoms with Gasteiger partial charge in [0.05, 0.1) is 7.11 Å². The van der Waals surface area contributed by atoms with E-state index in [4.69, 9.17) is 4.74 Å². The summed E-state index contributed by atoms with van der Waals surface area (Å²) in [5.74, 6) is 0.109. The lowest BCUT2D eigenvalue weighted by Crippen LogP contribution is -2.50. The van der Waals surface area contributed by atoms with Crippen LogP contribution in [0.25, 0.3) is 10.9 Å². The quantitative estimate of drug-likeness (QED) is 0.759. The predicted molar refractivity (Wildman–Crippen MR) is 103 cm³/mol. The predicted octanol–water partition coefficient (Wildman–Crippen LogP) is 2.91. The van der Waals surface area contributed by atoms with Crippen molar-refractivity contribution in [3.05, 3.63) is 65.6 Å². The molecule has 1 fully saturated rings. The van der Waals surface area contributed by atoms with E-state index in [1.807, 2.05) is 24.3 Å². The summed E-state index contributed by atoms with van der Waals surface area (Å²) in [7, 11) is 1.60. The molecule has 1 aliphatic rings. The molecule has 0 saturated carbocycles. The van der Waals surface area contributed by atoms with E-state index < -0.39 is 0 Å². The number of fused-ring (bicyclic) bond motifs is 1. The molecule has 0 spiro atoms. The zero-order valence-corrected chi connectivity index (χ0v) is 15.4. The van der Waals surface area contributed by atoms with Crippen LogP contribution in [0.3, 0.4) is 0 Å². The normalized spacial score (nSPS) is 14.4. The van der Waals surface area contributed by atoms with Crippen molar-refractivity contribution in [1.82, 2.24) is 14.8 Å². The van der Waals surface area contributed by atoms with Gasteiger partial charge in [0.1, 0.15) is 17.3 Å². The average Bonchev–Trinajstić information content (AvgIpc) is 3.16. The van der Waals surface area contributed by atoms with Gasteiger partial charge in [-0.3, -0.25) is 9.59 Å². The largest absolute Gasteiger partial charge is 0.497 e. The summed E-state index contributed by atoms with van der Waals surface area (Å²) in [5, 5.41) is 0.939. The zero-order valence-electron chi connectivity index (χ0n) is 15.4. The molecule has 144 valence electrons. The first-order chi connectivity index (χ1) is 13.5. The summed E-state index contributed by atoms with van der Waals surface area (Å²) in [6.45, 7) is 1.78. The Morgan fingerprint density at radius 2 is 1.57 bits per heavy atom. The Labute approximate surface area is 161 Å². The number of benzene rings is 2. The van der Waals surface area contributed by atoms with Gasteiger partial charge in [0.2, 0.25) is 0 Å². The Balaban J connectivity index is 1.42. The Morgan fingerprint density at radius 3 is 2.21 bits per heavy atom. The molecular weight excluding hydrogens is 361 g/mol. The van der Waals surface area contributed by atoms with E-state index in [0.29, 0.717) is 37.4 Å². The van der Waals surface area contributed by atoms with Crippen LogP contribution in [-0.4, -0.2) is 59.9 Å². The number of nitrogens with one attached hydrogen (secondary N) is 1. The number of methoxy groups -OCH3 is 1. The number of hydrogen-bond acceptors (Lipinski definition) is 3. The van der Waals surface area contributed by atoms with E-state index in [9.17, 15) is 14.0 Å². The molecule has 1 aliphatic heterocycles. The van der Waals surface area contributed by atoms with Gasteiger partial charge in [0, 0.05) is 48.7 Å². The van der Waals surface area contributed by atoms with E-state index in [1.165, 1.54) is 24.3 Å². The van der Waals surface area contributed by atoms with Gasteiger partial charge in [0.15, 0.2) is 0 Å². The number of rotatable bonds is 3. The second kappa shape index (κ2) is 7.34. The highest BCUT2D eigenvalue weighted by Crippen LogP contribution is 2.22. The number of piperazine rings is 1. The van der Waals surface area contributed by atoms with Crippen molar-refractivity contribution in [2.75, 3.05) is 33.3 Å². The fourth-order valence-electron chi connectivity index (χ4n) is 3.41. The van der Waals surface area contributed by atoms with Crippen LogP contribution in [0.2, 0.25) is 0 Å². The van der Waals surface area contributed by atoms with E-state index >= 15 is 0 Å². The van der Waals surface area contributed by atoms with Crippen molar-refractivity contribution in [2.45, 2.75) is 0 Å². The zero-order chi connectivity index (χ0) is 19.7. The third-order valence-corrected chi connectivity index (χ3v) is 5.01. The van der Waals surface area contributed by atoms with Crippen LogP contribution < -0.4 is 4.74 Å². The van der Waals surface area contributed by atoms with Crippen molar-refractivity contribution in [2.24, 2.45) is 0 Å². The molecule has 1 saturated heterocycles. The van der Waals surface area contributed by atoms with Gasteiger partial charge in [-0.1, -0.05) is 0 Å². The van der Waals surface area contributed by atoms with Gasteiger partial charge in [-0.2, -0.15) is 0 Å². The molecule has 2 aromatic carbocycles. The van der Waals surface area contributed by atoms with Crippen LogP contribution >= 0.6 is 0 Å². The number of nitrogens with zero attached hydrogens (tertiary/aromatic N) is 2. The molecule has 3 aromatic rings. The lowest BCUT2D eigenvalue weighted by atomic mass is 10.1. The summed E-state index contributed by atoms with van der Waals surface area (Å²) in [6, 6.07) is 12.9. The van der Waals surface area contributed by atoms with Crippen LogP contribution in [0.1, 0.15) is 20.8 Å². The van der Waals surface area contributed by atoms with Gasteiger partial charge in [-0.05, 0) is 42.5 Å². The molecule has 1 aromatic heterocycles. The molecule has 6 nitrogen and oxygen atoms in total. The van der Waals surface area contributed by atoms with Crippen LogP contribution in [0.15, 0.2) is 48.5 Å². The number of H-pyrrole nitrogens is 1. The van der Waals surface area contributed by atoms with Crippen LogP contribution in [0.4, 0.5) is 4.39 Å². The first-order valence-corrected chi connectivity index (χ1v) is 9.06. The number of hydrogen-bond donors (Lipinski definition) is 1. The third kappa shape index (κ3) is 3.43. The number of carbonyl (C=O) groups excluding carboxylic acids is 2. The maximum absolute atomic E-state index is 13.0. The molecule has 0 aliphatic carbocycles. The molecule has 28 heavy (non-hydrogen) atoms. The molecule has 0 radical (unpaired) electrons. The minimum absolute atomic E-state index is 0.0935. The Kier molecular flexibility index (Phi) is 4.73. The first kappa shape index (κ1) is 18.0. The minimum atomic E-state index is -0.372. The van der Waals surface area contributed by atoms with Crippen molar-refractivity contribution >= 4 is 22.7 Å². The summed E-state index contributed by atoms with van der Waals surface area (Å²) in [4.78, 5) is 31.9. The standard InChI is InChI=1S/C21H20FN3O3/c1-28-17-7-4-15-12-19(23-18(15)13-17)21(27)25-10-8-24(9-11-25)20(26)14-2-5-16(22)6-3-14/h2-7,12-13,23H,8-11H2,1H3. The lowest BCUT2D eigenvalue weighted by molar-refractivity contribution is 0.0533. The number of halogens is 1. The minimum Gasteiger partial charge on any atom is -0.497 e. The SMILES string of the molecule is COc1ccc2cc(C(=O)N3CCN(C(=O)c4ccc(F)cc4)CC3)[nH]c2c1. The highest BCUT2D eigenvalue weighted by molar-refractivity contribution is 5.98. The molecule has 0 bridgehead atoms. The van der Waals surface area contributed by atoms with Gasteiger partial charge in [-0.25, -0.2) is 4.39 Å². The monoisotopic (exact) mass is 381 g/mol. The lowest BCUT2D eigenvalue weighted by Gasteiger charge is -2.34. The number of carbonyl (C=O) groups is 2. The second-order valence-electron chi connectivity index (χ2n) is 6.73. The topological polar surface area (TPSA) is 65.6 Å². The van der Waals surface area contributed by atoms with Crippen molar-refractivity contribution < 1.29 is 18.7 Å². The first-order valence-electron chi connectivity index (χ1n) is 9.06. The summed E-state index contributed by atoms with van der Waals surface area (Å²) in [5.41, 5.74) is 1.81. The van der Waals surface area contributed by atoms with E-state index in [1.54, 1.807) is 16.9 Å². The summed E-state index contributed by atoms with van der Waals surface area (Å²) >= 11 is 0. The highest BCUT2D eigenvalue weighted by Gasteiger charge is 2.26. The molecule has 0 atom stereocenters. The number of ether oxygens (including phenoxy) is 1. The smallest absolute Gasteiger partial charge is 0.270 e. The fourth-order valence-corrected chi connectivity index (χ4v) is 3.41. The van der Waals surface area contributed by atoms with E-state index in [0.717, 1.165) is 16.7 Å². The molecule has 1 N–H and O–H groups in total. The molecule has 7 heteroatoms.